The van der Waals surface area contributed by atoms with Gasteiger partial charge in [0.2, 0.25) is 0 Å². The van der Waals surface area contributed by atoms with Gasteiger partial charge in [0.1, 0.15) is 4.99 Å². The highest BCUT2D eigenvalue weighted by Crippen LogP contribution is 2.27. The van der Waals surface area contributed by atoms with E-state index < -0.39 is 0 Å². The predicted molar refractivity (Wildman–Crippen MR) is 87.9 cm³/mol. The number of hydrogen-bond acceptors (Lipinski definition) is 2. The molecule has 2 N–H and O–H groups in total. The molecule has 4 heteroatoms. The van der Waals surface area contributed by atoms with Gasteiger partial charge in [0.05, 0.1) is 11.4 Å². The third kappa shape index (κ3) is 2.14. The van der Waals surface area contributed by atoms with E-state index in [-0.39, 0.29) is 0 Å². The van der Waals surface area contributed by atoms with Gasteiger partial charge in [-0.25, -0.2) is 4.68 Å². The van der Waals surface area contributed by atoms with Gasteiger partial charge in [-0.05, 0) is 69.9 Å². The summed E-state index contributed by atoms with van der Waals surface area (Å²) >= 11 is 5.13. The predicted octanol–water partition coefficient (Wildman–Crippen LogP) is 3.36. The molecule has 0 amide bonds. The number of aromatic nitrogens is 2. The molecule has 0 saturated carbocycles. The Labute approximate surface area is 125 Å². The zero-order chi connectivity index (χ0) is 15.2. The highest BCUT2D eigenvalue weighted by atomic mass is 32.1. The molecule has 0 unspecified atom stereocenters. The van der Waals surface area contributed by atoms with E-state index in [1.807, 2.05) is 11.6 Å². The van der Waals surface area contributed by atoms with Crippen LogP contribution >= 0.6 is 12.2 Å². The molecule has 0 bridgehead atoms. The summed E-state index contributed by atoms with van der Waals surface area (Å²) in [5.74, 6) is 0. The summed E-state index contributed by atoms with van der Waals surface area (Å²) in [6.07, 6.45) is 0. The van der Waals surface area contributed by atoms with E-state index in [4.69, 9.17) is 18.0 Å². The van der Waals surface area contributed by atoms with Crippen molar-refractivity contribution in [2.45, 2.75) is 41.5 Å². The summed E-state index contributed by atoms with van der Waals surface area (Å²) in [6, 6.07) is 2.06. The normalized spacial score (nSPS) is 10.9. The zero-order valence-corrected chi connectivity index (χ0v) is 13.8. The van der Waals surface area contributed by atoms with Gasteiger partial charge in [-0.3, -0.25) is 0 Å². The van der Waals surface area contributed by atoms with Crippen molar-refractivity contribution >= 4 is 17.2 Å². The zero-order valence-electron chi connectivity index (χ0n) is 13.0. The standard InChI is InChI=1S/C16H21N3S/c1-8-7-14(16(17)20)9(2)10(3)15(8)19-13(6)11(4)12(5)18-19/h7H,1-6H3,(H2,17,20). The maximum Gasteiger partial charge on any atom is 0.104 e. The summed E-state index contributed by atoms with van der Waals surface area (Å²) in [5, 5.41) is 4.67. The molecule has 20 heavy (non-hydrogen) atoms. The maximum absolute atomic E-state index is 5.81. The van der Waals surface area contributed by atoms with Crippen molar-refractivity contribution in [3.63, 3.8) is 0 Å². The van der Waals surface area contributed by atoms with Crippen LogP contribution < -0.4 is 5.73 Å². The van der Waals surface area contributed by atoms with Gasteiger partial charge in [0.15, 0.2) is 0 Å². The Morgan fingerprint density at radius 2 is 1.65 bits per heavy atom. The molecule has 3 nitrogen and oxygen atoms in total. The Bertz CT molecular complexity index is 711. The Balaban J connectivity index is 2.79. The SMILES string of the molecule is Cc1cc(C(N)=S)c(C)c(C)c1-n1nc(C)c(C)c1C. The average molecular weight is 287 g/mol. The van der Waals surface area contributed by atoms with Gasteiger partial charge < -0.3 is 5.73 Å². The number of thiocarbonyl (C=S) groups is 1. The quantitative estimate of drug-likeness (QED) is 0.861. The van der Waals surface area contributed by atoms with Crippen LogP contribution in [0.1, 0.15) is 39.2 Å². The Morgan fingerprint density at radius 3 is 2.10 bits per heavy atom. The summed E-state index contributed by atoms with van der Waals surface area (Å²) in [4.78, 5) is 0.449. The molecule has 1 heterocycles. The van der Waals surface area contributed by atoms with Gasteiger partial charge in [-0.2, -0.15) is 5.10 Å². The third-order valence-electron chi connectivity index (χ3n) is 4.19. The number of nitrogens with zero attached hydrogens (tertiary/aromatic N) is 2. The largest absolute Gasteiger partial charge is 0.389 e. The van der Waals surface area contributed by atoms with E-state index in [1.54, 1.807) is 0 Å². The Hall–Kier alpha value is -1.68. The van der Waals surface area contributed by atoms with Crippen LogP contribution in [-0.4, -0.2) is 14.8 Å². The van der Waals surface area contributed by atoms with Crippen LogP contribution in [0.25, 0.3) is 5.69 Å². The van der Waals surface area contributed by atoms with Gasteiger partial charge in [0, 0.05) is 11.3 Å². The minimum atomic E-state index is 0.449. The van der Waals surface area contributed by atoms with Crippen LogP contribution in [0.15, 0.2) is 6.07 Å². The third-order valence-corrected chi connectivity index (χ3v) is 4.41. The first-order valence-corrected chi connectivity index (χ1v) is 7.10. The summed E-state index contributed by atoms with van der Waals surface area (Å²) in [6.45, 7) is 12.5. The molecular formula is C16H21N3S. The first-order chi connectivity index (χ1) is 9.25. The molecule has 0 saturated heterocycles. The number of benzene rings is 1. The van der Waals surface area contributed by atoms with Gasteiger partial charge in [0.25, 0.3) is 0 Å². The fourth-order valence-corrected chi connectivity index (χ4v) is 2.80. The van der Waals surface area contributed by atoms with Crippen molar-refractivity contribution < 1.29 is 0 Å². The van der Waals surface area contributed by atoms with E-state index in [9.17, 15) is 0 Å². The molecule has 0 spiro atoms. The van der Waals surface area contributed by atoms with E-state index in [0.29, 0.717) is 4.99 Å². The Kier molecular flexibility index (Phi) is 3.69. The molecule has 0 aliphatic rings. The molecule has 0 aliphatic heterocycles. The van der Waals surface area contributed by atoms with Crippen molar-refractivity contribution in [1.82, 2.24) is 9.78 Å². The summed E-state index contributed by atoms with van der Waals surface area (Å²) in [5.41, 5.74) is 14.8. The molecule has 1 aromatic carbocycles. The summed E-state index contributed by atoms with van der Waals surface area (Å²) in [7, 11) is 0. The summed E-state index contributed by atoms with van der Waals surface area (Å²) < 4.78 is 2.03. The van der Waals surface area contributed by atoms with Crippen molar-refractivity contribution in [1.29, 1.82) is 0 Å². The average Bonchev–Trinajstić information content (AvgIpc) is 2.62. The number of hydrogen-bond donors (Lipinski definition) is 1. The molecule has 1 aromatic heterocycles. The number of nitrogens with two attached hydrogens (primary N) is 1. The lowest BCUT2D eigenvalue weighted by Crippen LogP contribution is -2.15. The van der Waals surface area contributed by atoms with Crippen LogP contribution in [0.2, 0.25) is 0 Å². The van der Waals surface area contributed by atoms with Crippen LogP contribution in [0.5, 0.6) is 0 Å². The number of rotatable bonds is 2. The van der Waals surface area contributed by atoms with E-state index in [0.717, 1.165) is 28.1 Å². The Morgan fingerprint density at radius 1 is 1.05 bits per heavy atom. The smallest absolute Gasteiger partial charge is 0.104 e. The molecule has 0 atom stereocenters. The van der Waals surface area contributed by atoms with Crippen molar-refractivity contribution in [3.05, 3.63) is 45.3 Å². The van der Waals surface area contributed by atoms with Crippen molar-refractivity contribution in [2.24, 2.45) is 5.73 Å². The fraction of sp³-hybridized carbons (Fsp3) is 0.375. The van der Waals surface area contributed by atoms with E-state index in [1.165, 1.54) is 16.8 Å². The second-order valence-corrected chi connectivity index (χ2v) is 5.85. The first kappa shape index (κ1) is 14.7. The molecule has 0 fully saturated rings. The lowest BCUT2D eigenvalue weighted by Gasteiger charge is -2.17. The first-order valence-electron chi connectivity index (χ1n) is 6.69. The fourth-order valence-electron chi connectivity index (χ4n) is 2.59. The molecule has 2 aromatic rings. The molecule has 0 radical (unpaired) electrons. The lowest BCUT2D eigenvalue weighted by molar-refractivity contribution is 0.818. The van der Waals surface area contributed by atoms with Crippen LogP contribution in [0.3, 0.4) is 0 Å². The molecule has 0 aliphatic carbocycles. The van der Waals surface area contributed by atoms with Crippen LogP contribution in [0.4, 0.5) is 0 Å². The van der Waals surface area contributed by atoms with Crippen LogP contribution in [0, 0.1) is 41.5 Å². The van der Waals surface area contributed by atoms with E-state index >= 15 is 0 Å². The maximum atomic E-state index is 5.81. The van der Waals surface area contributed by atoms with Crippen molar-refractivity contribution in [3.8, 4) is 5.69 Å². The van der Waals surface area contributed by atoms with Gasteiger partial charge >= 0.3 is 0 Å². The van der Waals surface area contributed by atoms with Crippen LogP contribution in [-0.2, 0) is 0 Å². The highest BCUT2D eigenvalue weighted by Gasteiger charge is 2.17. The second-order valence-electron chi connectivity index (χ2n) is 5.41. The minimum Gasteiger partial charge on any atom is -0.389 e. The van der Waals surface area contributed by atoms with E-state index in [2.05, 4.69) is 45.8 Å². The minimum absolute atomic E-state index is 0.449. The second kappa shape index (κ2) is 5.02. The molecule has 106 valence electrons. The lowest BCUT2D eigenvalue weighted by atomic mass is 9.97. The van der Waals surface area contributed by atoms with Gasteiger partial charge in [-0.1, -0.05) is 12.2 Å². The van der Waals surface area contributed by atoms with Crippen molar-refractivity contribution in [2.75, 3.05) is 0 Å². The molecule has 2 rings (SSSR count). The highest BCUT2D eigenvalue weighted by molar-refractivity contribution is 7.80. The topological polar surface area (TPSA) is 43.8 Å². The molecular weight excluding hydrogens is 266 g/mol. The number of aryl methyl sites for hydroxylation is 2. The monoisotopic (exact) mass is 287 g/mol. The van der Waals surface area contributed by atoms with Gasteiger partial charge in [-0.15, -0.1) is 0 Å².